The van der Waals surface area contributed by atoms with E-state index in [9.17, 15) is 9.35 Å². The fourth-order valence-electron chi connectivity index (χ4n) is 1.43. The first-order valence-corrected chi connectivity index (χ1v) is 7.15. The molecule has 0 aliphatic rings. The largest absolute Gasteiger partial charge is 0.598 e. The predicted molar refractivity (Wildman–Crippen MR) is 75.9 cm³/mol. The molecule has 1 rings (SSSR count). The Hall–Kier alpha value is -0.840. The number of hydrogen-bond acceptors (Lipinski definition) is 3. The molecule has 0 bridgehead atoms. The highest BCUT2D eigenvalue weighted by Crippen LogP contribution is 2.20. The third-order valence-electron chi connectivity index (χ3n) is 2.63. The average Bonchev–Trinajstić information content (AvgIpc) is 2.27. The Morgan fingerprint density at radius 1 is 1.39 bits per heavy atom. The van der Waals surface area contributed by atoms with Crippen LogP contribution in [0.15, 0.2) is 24.3 Å². The van der Waals surface area contributed by atoms with Crippen LogP contribution in [0.25, 0.3) is 0 Å². The molecular formula is C14H21NO2S. The summed E-state index contributed by atoms with van der Waals surface area (Å²) >= 11 is -1.12. The lowest BCUT2D eigenvalue weighted by Gasteiger charge is -2.26. The van der Waals surface area contributed by atoms with Gasteiger partial charge in [0.05, 0.1) is 6.04 Å². The van der Waals surface area contributed by atoms with Crippen molar-refractivity contribution in [2.45, 2.75) is 45.4 Å². The minimum atomic E-state index is -1.12. The molecule has 3 nitrogen and oxygen atoms in total. The standard InChI is InChI=1S/C14H21NO2S/c1-10(15-18(17)14(3,4)5)12-7-6-8-13(9-12)11(2)16/h6-10,15H,1-5H3. The minimum absolute atomic E-state index is 0.0426. The van der Waals surface area contributed by atoms with E-state index < -0.39 is 11.4 Å². The molecule has 18 heavy (non-hydrogen) atoms. The Bertz CT molecular complexity index is 426. The van der Waals surface area contributed by atoms with Crippen LogP contribution in [0.1, 0.15) is 56.6 Å². The monoisotopic (exact) mass is 267 g/mol. The maximum Gasteiger partial charge on any atom is 0.159 e. The molecule has 0 spiro atoms. The Labute approximate surface area is 112 Å². The van der Waals surface area contributed by atoms with E-state index in [1.165, 1.54) is 0 Å². The van der Waals surface area contributed by atoms with Gasteiger partial charge >= 0.3 is 0 Å². The predicted octanol–water partition coefficient (Wildman–Crippen LogP) is 3.00. The smallest absolute Gasteiger partial charge is 0.159 e. The van der Waals surface area contributed by atoms with Gasteiger partial charge in [-0.2, -0.15) is 0 Å². The zero-order valence-corrected chi connectivity index (χ0v) is 12.4. The Morgan fingerprint density at radius 3 is 2.50 bits per heavy atom. The van der Waals surface area contributed by atoms with Gasteiger partial charge in [0.2, 0.25) is 0 Å². The summed E-state index contributed by atoms with van der Waals surface area (Å²) in [5.74, 6) is 0.0426. The highest BCUT2D eigenvalue weighted by Gasteiger charge is 2.28. The van der Waals surface area contributed by atoms with Crippen molar-refractivity contribution in [3.63, 3.8) is 0 Å². The van der Waals surface area contributed by atoms with Crippen molar-refractivity contribution in [2.75, 3.05) is 0 Å². The SMILES string of the molecule is CC(=O)c1cccc(C(C)N[S+]([O-])C(C)(C)C)c1. The van der Waals surface area contributed by atoms with Gasteiger partial charge in [-0.25, -0.2) is 0 Å². The summed E-state index contributed by atoms with van der Waals surface area (Å²) in [6, 6.07) is 7.37. The minimum Gasteiger partial charge on any atom is -0.598 e. The fraction of sp³-hybridized carbons (Fsp3) is 0.500. The Morgan fingerprint density at radius 2 is 2.00 bits per heavy atom. The zero-order valence-electron chi connectivity index (χ0n) is 11.6. The van der Waals surface area contributed by atoms with Crippen LogP contribution in [-0.2, 0) is 11.4 Å². The van der Waals surface area contributed by atoms with Crippen LogP contribution in [0.4, 0.5) is 0 Å². The van der Waals surface area contributed by atoms with Gasteiger partial charge < -0.3 is 4.55 Å². The second-order valence-corrected chi connectivity index (χ2v) is 7.40. The third-order valence-corrected chi connectivity index (χ3v) is 4.31. The summed E-state index contributed by atoms with van der Waals surface area (Å²) < 4.78 is 14.8. The molecule has 0 fully saturated rings. The van der Waals surface area contributed by atoms with Crippen molar-refractivity contribution in [2.24, 2.45) is 0 Å². The maximum absolute atomic E-state index is 12.0. The number of hydrogen-bond donors (Lipinski definition) is 1. The van der Waals surface area contributed by atoms with E-state index >= 15 is 0 Å². The molecule has 1 aromatic rings. The lowest BCUT2D eigenvalue weighted by atomic mass is 10.0. The molecular weight excluding hydrogens is 246 g/mol. The molecule has 4 heteroatoms. The quantitative estimate of drug-likeness (QED) is 0.674. The fourth-order valence-corrected chi connectivity index (χ4v) is 2.24. The van der Waals surface area contributed by atoms with E-state index in [2.05, 4.69) is 4.72 Å². The van der Waals surface area contributed by atoms with Gasteiger partial charge in [-0.15, -0.1) is 4.72 Å². The first-order chi connectivity index (χ1) is 8.21. The van der Waals surface area contributed by atoms with Gasteiger partial charge in [-0.3, -0.25) is 4.79 Å². The molecule has 2 atom stereocenters. The van der Waals surface area contributed by atoms with E-state index in [0.717, 1.165) is 5.56 Å². The molecule has 0 aliphatic carbocycles. The third kappa shape index (κ3) is 4.12. The van der Waals surface area contributed by atoms with E-state index in [1.807, 2.05) is 45.9 Å². The van der Waals surface area contributed by atoms with Crippen LogP contribution < -0.4 is 4.72 Å². The lowest BCUT2D eigenvalue weighted by molar-refractivity contribution is 0.101. The van der Waals surface area contributed by atoms with Crippen molar-refractivity contribution in [3.8, 4) is 0 Å². The van der Waals surface area contributed by atoms with Gasteiger partial charge in [0.1, 0.15) is 4.75 Å². The van der Waals surface area contributed by atoms with Gasteiger partial charge in [0.25, 0.3) is 0 Å². The topological polar surface area (TPSA) is 52.2 Å². The van der Waals surface area contributed by atoms with Crippen molar-refractivity contribution < 1.29 is 9.35 Å². The van der Waals surface area contributed by atoms with E-state index in [0.29, 0.717) is 5.56 Å². The number of Topliss-reactive ketones (excluding diaryl/α,β-unsaturated/α-hetero) is 1. The summed E-state index contributed by atoms with van der Waals surface area (Å²) in [5.41, 5.74) is 1.66. The van der Waals surface area contributed by atoms with Crippen LogP contribution in [0.5, 0.6) is 0 Å². The van der Waals surface area contributed by atoms with Gasteiger partial charge in [0.15, 0.2) is 5.78 Å². The highest BCUT2D eigenvalue weighted by molar-refractivity contribution is 7.90. The van der Waals surface area contributed by atoms with E-state index in [1.54, 1.807) is 13.0 Å². The van der Waals surface area contributed by atoms with Crippen LogP contribution in [0.2, 0.25) is 0 Å². The van der Waals surface area contributed by atoms with Crippen molar-refractivity contribution in [3.05, 3.63) is 35.4 Å². The summed E-state index contributed by atoms with van der Waals surface area (Å²) in [7, 11) is 0. The molecule has 1 aromatic carbocycles. The van der Waals surface area contributed by atoms with Crippen LogP contribution in [0.3, 0.4) is 0 Å². The van der Waals surface area contributed by atoms with Crippen molar-refractivity contribution >= 4 is 17.1 Å². The second-order valence-electron chi connectivity index (χ2n) is 5.40. The molecule has 0 saturated heterocycles. The molecule has 0 saturated carbocycles. The van der Waals surface area contributed by atoms with Crippen LogP contribution in [-0.4, -0.2) is 15.1 Å². The van der Waals surface area contributed by atoms with Gasteiger partial charge in [-0.05, 0) is 46.2 Å². The van der Waals surface area contributed by atoms with Crippen LogP contribution in [0, 0.1) is 0 Å². The maximum atomic E-state index is 12.0. The number of carbonyl (C=O) groups excluding carboxylic acids is 1. The molecule has 0 amide bonds. The number of nitrogens with one attached hydrogen (secondary N) is 1. The van der Waals surface area contributed by atoms with E-state index in [4.69, 9.17) is 0 Å². The summed E-state index contributed by atoms with van der Waals surface area (Å²) in [6.45, 7) is 9.27. The van der Waals surface area contributed by atoms with Crippen molar-refractivity contribution in [1.29, 1.82) is 0 Å². The molecule has 0 aliphatic heterocycles. The molecule has 100 valence electrons. The first-order valence-electron chi connectivity index (χ1n) is 6.01. The first kappa shape index (κ1) is 15.2. The highest BCUT2D eigenvalue weighted by atomic mass is 32.2. The second kappa shape index (κ2) is 5.87. The Kier molecular flexibility index (Phi) is 4.96. The summed E-state index contributed by atoms with van der Waals surface area (Å²) in [6.07, 6.45) is 0. The summed E-state index contributed by atoms with van der Waals surface area (Å²) in [4.78, 5) is 11.3. The zero-order chi connectivity index (χ0) is 13.9. The molecule has 0 heterocycles. The number of carbonyl (C=O) groups is 1. The molecule has 0 aromatic heterocycles. The summed E-state index contributed by atoms with van der Waals surface area (Å²) in [5, 5.41) is 0. The van der Waals surface area contributed by atoms with Crippen LogP contribution >= 0.6 is 0 Å². The number of rotatable bonds is 4. The molecule has 1 N–H and O–H groups in total. The Balaban J connectivity index is 2.81. The van der Waals surface area contributed by atoms with Gasteiger partial charge in [0, 0.05) is 16.9 Å². The normalized spacial score (nSPS) is 15.2. The van der Waals surface area contributed by atoms with Crippen molar-refractivity contribution in [1.82, 2.24) is 4.72 Å². The number of ketones is 1. The van der Waals surface area contributed by atoms with E-state index in [-0.39, 0.29) is 16.6 Å². The molecule has 0 radical (unpaired) electrons. The average molecular weight is 267 g/mol. The lowest BCUT2D eigenvalue weighted by Crippen LogP contribution is -2.40. The number of benzene rings is 1. The molecule has 2 unspecified atom stereocenters. The van der Waals surface area contributed by atoms with Gasteiger partial charge in [-0.1, -0.05) is 18.2 Å².